The summed E-state index contributed by atoms with van der Waals surface area (Å²) >= 11 is 0. The van der Waals surface area contributed by atoms with Gasteiger partial charge in [-0.05, 0) is 72.2 Å². The van der Waals surface area contributed by atoms with Crippen molar-refractivity contribution in [2.45, 2.75) is 31.6 Å². The summed E-state index contributed by atoms with van der Waals surface area (Å²) < 4.78 is 72.8. The molecule has 1 heterocycles. The van der Waals surface area contributed by atoms with Crippen LogP contribution in [0.1, 0.15) is 42.8 Å². The van der Waals surface area contributed by atoms with Crippen LogP contribution in [0.5, 0.6) is 23.0 Å². The second kappa shape index (κ2) is 10.3. The summed E-state index contributed by atoms with van der Waals surface area (Å²) in [4.78, 5) is 14.0. The van der Waals surface area contributed by atoms with Gasteiger partial charge in [0.05, 0.1) is 34.9 Å². The quantitative estimate of drug-likeness (QED) is 0.588. The number of fused-ring (bicyclic) bond motifs is 2. The second-order valence-corrected chi connectivity index (χ2v) is 8.00. The molecule has 1 unspecified atom stereocenters. The number of ether oxygens (including phenoxy) is 4. The summed E-state index contributed by atoms with van der Waals surface area (Å²) in [5, 5.41) is 2.61. The molecule has 2 aromatic rings. The Morgan fingerprint density at radius 2 is 1.55 bits per heavy atom. The van der Waals surface area contributed by atoms with E-state index in [2.05, 4.69) is 5.32 Å². The highest BCUT2D eigenvalue weighted by Crippen LogP contribution is 2.42. The van der Waals surface area contributed by atoms with Crippen molar-refractivity contribution in [1.82, 2.24) is 10.2 Å². The van der Waals surface area contributed by atoms with Crippen LogP contribution in [-0.2, 0) is 24.1 Å². The summed E-state index contributed by atoms with van der Waals surface area (Å²) in [5.41, 5.74) is 3.36. The van der Waals surface area contributed by atoms with E-state index in [1.807, 2.05) is 12.1 Å². The number of carbonyl (C=O) groups excluding carboxylic acids is 1. The Hall–Kier alpha value is -2.93. The maximum Gasteiger partial charge on any atom is 0.227 e. The smallest absolute Gasteiger partial charge is 0.227 e. The van der Waals surface area contributed by atoms with Gasteiger partial charge >= 0.3 is 0 Å². The molecule has 178 valence electrons. The standard InChI is InChI=1S/C26H34N2O5/c1-30-22-11-17-6-9-28(26(29)14-18(17)12-23(22)31-2)8-5-7-27-16-20-10-19-13-24(32-3)25(33-4)15-21(19)20/h11-13,15,20,27H,5-10,14,16H2,1-4H3/i5D2,7D2,8D2. The zero-order valence-corrected chi connectivity index (χ0v) is 19.4. The van der Waals surface area contributed by atoms with Gasteiger partial charge < -0.3 is 29.2 Å². The molecule has 4 rings (SSSR count). The molecular weight excluding hydrogens is 420 g/mol. The molecule has 1 aliphatic heterocycles. The van der Waals surface area contributed by atoms with Crippen molar-refractivity contribution in [3.8, 4) is 23.0 Å². The van der Waals surface area contributed by atoms with Crippen molar-refractivity contribution in [3.05, 3.63) is 46.5 Å². The summed E-state index contributed by atoms with van der Waals surface area (Å²) in [6.07, 6.45) is -2.39. The summed E-state index contributed by atoms with van der Waals surface area (Å²) in [6.45, 7) is -5.80. The highest BCUT2D eigenvalue weighted by Gasteiger charge is 2.28. The van der Waals surface area contributed by atoms with E-state index in [4.69, 9.17) is 27.2 Å². The Kier molecular flexibility index (Phi) is 5.22. The molecular formula is C26H34N2O5. The number of methoxy groups -OCH3 is 4. The minimum absolute atomic E-state index is 0.0735. The van der Waals surface area contributed by atoms with Crippen LogP contribution < -0.4 is 24.3 Å². The number of carbonyl (C=O) groups is 1. The van der Waals surface area contributed by atoms with Crippen molar-refractivity contribution in [2.24, 2.45) is 0 Å². The number of hydrogen-bond donors (Lipinski definition) is 1. The fourth-order valence-electron chi connectivity index (χ4n) is 4.33. The number of rotatable bonds is 10. The van der Waals surface area contributed by atoms with Crippen molar-refractivity contribution >= 4 is 5.91 Å². The summed E-state index contributed by atoms with van der Waals surface area (Å²) in [6, 6.07) is 7.09. The predicted octanol–water partition coefficient (Wildman–Crippen LogP) is 2.97. The molecule has 0 aromatic heterocycles. The average molecular weight is 461 g/mol. The molecule has 0 fully saturated rings. The van der Waals surface area contributed by atoms with Crippen LogP contribution in [0.4, 0.5) is 0 Å². The number of nitrogens with one attached hydrogen (secondary N) is 1. The van der Waals surface area contributed by atoms with Crippen molar-refractivity contribution in [1.29, 1.82) is 0 Å². The molecule has 0 bridgehead atoms. The number of amides is 1. The molecule has 33 heavy (non-hydrogen) atoms. The SMILES string of the molecule is [2H]C([2H])(NCC1Cc2cc(OC)c(OC)cc21)C([2H])([2H])C([2H])([2H])N1CCc2cc(OC)c(OC)cc2CC1=O. The van der Waals surface area contributed by atoms with Crippen molar-refractivity contribution < 1.29 is 32.0 Å². The van der Waals surface area contributed by atoms with Crippen LogP contribution in [0.25, 0.3) is 0 Å². The van der Waals surface area contributed by atoms with Crippen LogP contribution >= 0.6 is 0 Å². The van der Waals surface area contributed by atoms with Gasteiger partial charge in [-0.1, -0.05) is 0 Å². The maximum atomic E-state index is 13.2. The molecule has 1 aliphatic carbocycles. The number of benzene rings is 2. The normalized spacial score (nSPS) is 20.9. The molecule has 0 saturated heterocycles. The van der Waals surface area contributed by atoms with E-state index in [0.717, 1.165) is 21.6 Å². The van der Waals surface area contributed by atoms with E-state index in [9.17, 15) is 4.79 Å². The van der Waals surface area contributed by atoms with Crippen LogP contribution in [0.2, 0.25) is 0 Å². The van der Waals surface area contributed by atoms with Crippen LogP contribution in [0.15, 0.2) is 24.3 Å². The molecule has 2 aromatic carbocycles. The van der Waals surface area contributed by atoms with E-state index < -0.39 is 25.3 Å². The Morgan fingerprint density at radius 3 is 2.21 bits per heavy atom. The van der Waals surface area contributed by atoms with E-state index in [1.54, 1.807) is 19.2 Å². The van der Waals surface area contributed by atoms with E-state index >= 15 is 0 Å². The van der Waals surface area contributed by atoms with Gasteiger partial charge in [-0.15, -0.1) is 0 Å². The first-order valence-corrected chi connectivity index (χ1v) is 10.8. The Labute approximate surface area is 204 Å². The van der Waals surface area contributed by atoms with Gasteiger partial charge in [0.25, 0.3) is 0 Å². The van der Waals surface area contributed by atoms with E-state index in [-0.39, 0.29) is 31.8 Å². The highest BCUT2D eigenvalue weighted by molar-refractivity contribution is 5.80. The van der Waals surface area contributed by atoms with Crippen molar-refractivity contribution in [3.63, 3.8) is 0 Å². The number of hydrogen-bond acceptors (Lipinski definition) is 6. The lowest BCUT2D eigenvalue weighted by Crippen LogP contribution is -2.35. The first-order chi connectivity index (χ1) is 18.3. The average Bonchev–Trinajstić information content (AvgIpc) is 3.05. The van der Waals surface area contributed by atoms with Gasteiger partial charge in [-0.25, -0.2) is 0 Å². The lowest BCUT2D eigenvalue weighted by atomic mass is 9.77. The Morgan fingerprint density at radius 1 is 0.939 bits per heavy atom. The molecule has 0 spiro atoms. The molecule has 2 aliphatic rings. The zero-order chi connectivity index (χ0) is 28.8. The van der Waals surface area contributed by atoms with Crippen molar-refractivity contribution in [2.75, 3.05) is 54.5 Å². The molecule has 0 saturated carbocycles. The Balaban J connectivity index is 1.50. The topological polar surface area (TPSA) is 69.3 Å². The lowest BCUT2D eigenvalue weighted by Gasteiger charge is -2.31. The molecule has 1 N–H and O–H groups in total. The van der Waals surface area contributed by atoms with Crippen LogP contribution in [0.3, 0.4) is 0 Å². The monoisotopic (exact) mass is 460 g/mol. The van der Waals surface area contributed by atoms with Gasteiger partial charge in [0, 0.05) is 33.7 Å². The highest BCUT2D eigenvalue weighted by atomic mass is 16.5. The van der Waals surface area contributed by atoms with Gasteiger partial charge in [0.15, 0.2) is 23.0 Å². The molecule has 0 radical (unpaired) electrons. The zero-order valence-electron chi connectivity index (χ0n) is 25.4. The predicted molar refractivity (Wildman–Crippen MR) is 127 cm³/mol. The summed E-state index contributed by atoms with van der Waals surface area (Å²) in [7, 11) is 6.05. The minimum atomic E-state index is -3.09. The third-order valence-corrected chi connectivity index (χ3v) is 6.20. The number of nitrogens with zero attached hydrogens (tertiary/aromatic N) is 1. The fraction of sp³-hybridized carbons (Fsp3) is 0.500. The lowest BCUT2D eigenvalue weighted by molar-refractivity contribution is -0.130. The van der Waals surface area contributed by atoms with Gasteiger partial charge in [-0.2, -0.15) is 0 Å². The van der Waals surface area contributed by atoms with Gasteiger partial charge in [0.2, 0.25) is 5.91 Å². The van der Waals surface area contributed by atoms with E-state index in [0.29, 0.717) is 35.0 Å². The molecule has 1 amide bonds. The first kappa shape index (κ1) is 16.6. The van der Waals surface area contributed by atoms with E-state index in [1.165, 1.54) is 21.3 Å². The van der Waals surface area contributed by atoms with Gasteiger partial charge in [-0.3, -0.25) is 4.79 Å². The third-order valence-electron chi connectivity index (χ3n) is 6.20. The summed E-state index contributed by atoms with van der Waals surface area (Å²) in [5.74, 6) is 1.31. The minimum Gasteiger partial charge on any atom is -0.493 e. The maximum absolute atomic E-state index is 13.2. The largest absolute Gasteiger partial charge is 0.493 e. The molecule has 7 heteroatoms. The first-order valence-electron chi connectivity index (χ1n) is 13.8. The van der Waals surface area contributed by atoms with Crippen LogP contribution in [0, 0.1) is 0 Å². The second-order valence-electron chi connectivity index (χ2n) is 8.00. The van der Waals surface area contributed by atoms with Gasteiger partial charge in [0.1, 0.15) is 0 Å². The molecule has 7 nitrogen and oxygen atoms in total. The fourth-order valence-corrected chi connectivity index (χ4v) is 4.33. The third kappa shape index (κ3) is 4.88. The Bertz CT molecular complexity index is 1260. The molecule has 1 atom stereocenters. The van der Waals surface area contributed by atoms with Crippen LogP contribution in [-0.4, -0.2) is 65.3 Å².